The van der Waals surface area contributed by atoms with Gasteiger partial charge in [0, 0.05) is 37.1 Å². The fourth-order valence-electron chi connectivity index (χ4n) is 4.17. The second kappa shape index (κ2) is 9.13. The summed E-state index contributed by atoms with van der Waals surface area (Å²) in [6.45, 7) is 8.79. The third kappa shape index (κ3) is 5.45. The molecule has 0 bridgehead atoms. The van der Waals surface area contributed by atoms with Crippen LogP contribution in [0.2, 0.25) is 0 Å². The predicted molar refractivity (Wildman–Crippen MR) is 131 cm³/mol. The fraction of sp³-hybridized carbons (Fsp3) is 0.400. The molecule has 3 aromatic rings. The molecule has 1 unspecified atom stereocenters. The lowest BCUT2D eigenvalue weighted by Gasteiger charge is -2.36. The molecule has 8 nitrogen and oxygen atoms in total. The lowest BCUT2D eigenvalue weighted by atomic mass is 10.0. The third-order valence-electron chi connectivity index (χ3n) is 5.48. The second-order valence-corrected chi connectivity index (χ2v) is 9.44. The van der Waals surface area contributed by atoms with Crippen LogP contribution in [0.1, 0.15) is 40.5 Å². The van der Waals surface area contributed by atoms with E-state index in [1.807, 2.05) is 63.2 Å². The highest BCUT2D eigenvalue weighted by Crippen LogP contribution is 2.29. The van der Waals surface area contributed by atoms with Crippen LogP contribution in [-0.4, -0.2) is 46.5 Å². The van der Waals surface area contributed by atoms with Crippen LogP contribution < -0.4 is 15.5 Å². The minimum absolute atomic E-state index is 0.0747. The number of nitrogens with one attached hydrogen (secondary N) is 2. The number of hydrogen-bond donors (Lipinski definition) is 2. The number of carbonyl (C=O) groups is 2. The van der Waals surface area contributed by atoms with Crippen molar-refractivity contribution >= 4 is 40.0 Å². The number of anilines is 3. The third-order valence-corrected chi connectivity index (χ3v) is 5.48. The number of ether oxygens (including phenoxy) is 1. The molecule has 0 aliphatic carbocycles. The van der Waals surface area contributed by atoms with Gasteiger partial charge in [-0.1, -0.05) is 12.1 Å². The van der Waals surface area contributed by atoms with Gasteiger partial charge in [0.2, 0.25) is 5.91 Å². The quantitative estimate of drug-likeness (QED) is 0.591. The Labute approximate surface area is 193 Å². The molecule has 1 amide bonds. The van der Waals surface area contributed by atoms with Gasteiger partial charge >= 0.3 is 6.09 Å². The molecule has 0 radical (unpaired) electrons. The van der Waals surface area contributed by atoms with Crippen molar-refractivity contribution in [2.24, 2.45) is 0 Å². The molecule has 2 N–H and O–H groups in total. The molecule has 1 atom stereocenters. The highest BCUT2D eigenvalue weighted by Gasteiger charge is 2.23. The summed E-state index contributed by atoms with van der Waals surface area (Å²) in [5, 5.41) is 11.7. The smallest absolute Gasteiger partial charge is 0.435 e. The highest BCUT2D eigenvalue weighted by atomic mass is 16.6. The van der Waals surface area contributed by atoms with Crippen LogP contribution in [0.15, 0.2) is 48.7 Å². The molecule has 4 rings (SSSR count). The Morgan fingerprint density at radius 1 is 1.15 bits per heavy atom. The van der Waals surface area contributed by atoms with Gasteiger partial charge < -0.3 is 20.3 Å². The number of piperidine rings is 1. The number of nitrogens with zero attached hydrogens (tertiary/aromatic N) is 3. The van der Waals surface area contributed by atoms with E-state index < -0.39 is 11.7 Å². The maximum absolute atomic E-state index is 12.4. The van der Waals surface area contributed by atoms with Gasteiger partial charge in [0.25, 0.3) is 0 Å². The van der Waals surface area contributed by atoms with E-state index in [2.05, 4.69) is 20.6 Å². The van der Waals surface area contributed by atoms with Crippen LogP contribution in [-0.2, 0) is 9.53 Å². The Bertz CT molecular complexity index is 1160. The number of benzene rings is 2. The van der Waals surface area contributed by atoms with Crippen molar-refractivity contribution in [3.8, 4) is 0 Å². The summed E-state index contributed by atoms with van der Waals surface area (Å²) in [5.41, 5.74) is 2.98. The van der Waals surface area contributed by atoms with Crippen molar-refractivity contribution in [3.05, 3.63) is 48.7 Å². The summed E-state index contributed by atoms with van der Waals surface area (Å²) in [4.78, 5) is 26.3. The van der Waals surface area contributed by atoms with Gasteiger partial charge in [-0.15, -0.1) is 0 Å². The van der Waals surface area contributed by atoms with Crippen molar-refractivity contribution in [2.45, 2.75) is 52.2 Å². The number of hydrogen-bond acceptors (Lipinski definition) is 6. The van der Waals surface area contributed by atoms with Gasteiger partial charge in [0.05, 0.1) is 23.1 Å². The zero-order chi connectivity index (χ0) is 23.6. The molecule has 174 valence electrons. The number of aromatic nitrogens is 2. The first-order valence-electron chi connectivity index (χ1n) is 11.3. The monoisotopic (exact) mass is 449 g/mol. The first-order chi connectivity index (χ1) is 15.7. The number of carbonyl (C=O) groups excluding carboxylic acids is 2. The molecule has 0 saturated carbocycles. The fourth-order valence-corrected chi connectivity index (χ4v) is 4.17. The van der Waals surface area contributed by atoms with E-state index in [0.717, 1.165) is 48.4 Å². The van der Waals surface area contributed by atoms with Crippen LogP contribution >= 0.6 is 0 Å². The number of rotatable bonds is 4. The van der Waals surface area contributed by atoms with E-state index in [1.165, 1.54) is 11.6 Å². The highest BCUT2D eigenvalue weighted by molar-refractivity contribution is 5.93. The molecule has 33 heavy (non-hydrogen) atoms. The van der Waals surface area contributed by atoms with E-state index >= 15 is 0 Å². The van der Waals surface area contributed by atoms with Gasteiger partial charge in [-0.25, -0.2) is 4.79 Å². The number of para-hydroxylation sites is 2. The maximum Gasteiger partial charge on any atom is 0.435 e. The molecule has 2 heterocycles. The molecule has 0 spiro atoms. The maximum atomic E-state index is 12.4. The molecule has 1 aromatic heterocycles. The molecule has 1 aliphatic heterocycles. The van der Waals surface area contributed by atoms with Crippen LogP contribution in [0.25, 0.3) is 10.9 Å². The predicted octanol–water partition coefficient (Wildman–Crippen LogP) is 4.86. The Balaban J connectivity index is 1.48. The van der Waals surface area contributed by atoms with Crippen LogP contribution in [0.3, 0.4) is 0 Å². The Morgan fingerprint density at radius 2 is 1.94 bits per heavy atom. The SMILES string of the molecule is CC(=O)Nc1ccccc1N1CCCC(Nc2ccc3c(cnn3C(=O)OC(C)(C)C)c2)C1. The average molecular weight is 450 g/mol. The summed E-state index contributed by atoms with van der Waals surface area (Å²) < 4.78 is 6.74. The van der Waals surface area contributed by atoms with Gasteiger partial charge in [-0.2, -0.15) is 9.78 Å². The topological polar surface area (TPSA) is 88.5 Å². The zero-order valence-corrected chi connectivity index (χ0v) is 19.6. The summed E-state index contributed by atoms with van der Waals surface area (Å²) in [6, 6.07) is 14.0. The van der Waals surface area contributed by atoms with E-state index in [0.29, 0.717) is 5.52 Å². The average Bonchev–Trinajstić information content (AvgIpc) is 3.16. The van der Waals surface area contributed by atoms with Crippen molar-refractivity contribution in [2.75, 3.05) is 28.6 Å². The van der Waals surface area contributed by atoms with Gasteiger partial charge in [0.15, 0.2) is 0 Å². The number of amides is 1. The molecular formula is C25H31N5O3. The Hall–Kier alpha value is -3.55. The van der Waals surface area contributed by atoms with Crippen LogP contribution in [0, 0.1) is 0 Å². The summed E-state index contributed by atoms with van der Waals surface area (Å²) >= 11 is 0. The Kier molecular flexibility index (Phi) is 6.26. The van der Waals surface area contributed by atoms with Crippen molar-refractivity contribution < 1.29 is 14.3 Å². The van der Waals surface area contributed by atoms with Gasteiger partial charge in [-0.05, 0) is 63.9 Å². The van der Waals surface area contributed by atoms with Gasteiger partial charge in [-0.3, -0.25) is 4.79 Å². The lowest BCUT2D eigenvalue weighted by Crippen LogP contribution is -2.42. The molecular weight excluding hydrogens is 418 g/mol. The number of fused-ring (bicyclic) bond motifs is 1. The van der Waals surface area contributed by atoms with Crippen molar-refractivity contribution in [1.29, 1.82) is 0 Å². The lowest BCUT2D eigenvalue weighted by molar-refractivity contribution is -0.114. The minimum atomic E-state index is -0.581. The summed E-state index contributed by atoms with van der Waals surface area (Å²) in [7, 11) is 0. The molecule has 1 aliphatic rings. The molecule has 8 heteroatoms. The summed E-state index contributed by atoms with van der Waals surface area (Å²) in [5.74, 6) is -0.0747. The zero-order valence-electron chi connectivity index (χ0n) is 19.6. The van der Waals surface area contributed by atoms with E-state index in [1.54, 1.807) is 6.20 Å². The van der Waals surface area contributed by atoms with E-state index in [-0.39, 0.29) is 11.9 Å². The van der Waals surface area contributed by atoms with Crippen LogP contribution in [0.5, 0.6) is 0 Å². The molecule has 1 saturated heterocycles. The first kappa shape index (κ1) is 22.6. The second-order valence-electron chi connectivity index (χ2n) is 9.44. The molecule has 1 fully saturated rings. The molecule has 2 aromatic carbocycles. The van der Waals surface area contributed by atoms with Gasteiger partial charge in [0.1, 0.15) is 5.60 Å². The largest absolute Gasteiger partial charge is 0.442 e. The normalized spacial score (nSPS) is 16.5. The standard InChI is InChI=1S/C25H31N5O3/c1-17(31)27-21-9-5-6-10-23(21)29-13-7-8-20(16-29)28-19-11-12-22-18(14-19)15-26-30(22)24(32)33-25(2,3)4/h5-6,9-12,14-15,20,28H,7-8,13,16H2,1-4H3,(H,27,31). The van der Waals surface area contributed by atoms with E-state index in [4.69, 9.17) is 4.74 Å². The van der Waals surface area contributed by atoms with Crippen molar-refractivity contribution in [1.82, 2.24) is 9.78 Å². The summed E-state index contributed by atoms with van der Waals surface area (Å²) in [6.07, 6.45) is 3.29. The van der Waals surface area contributed by atoms with E-state index in [9.17, 15) is 9.59 Å². The van der Waals surface area contributed by atoms with Crippen molar-refractivity contribution in [3.63, 3.8) is 0 Å². The Morgan fingerprint density at radius 3 is 2.70 bits per heavy atom. The first-order valence-corrected chi connectivity index (χ1v) is 11.3. The van der Waals surface area contributed by atoms with Crippen LogP contribution in [0.4, 0.5) is 21.9 Å². The minimum Gasteiger partial charge on any atom is -0.442 e.